The van der Waals surface area contributed by atoms with Gasteiger partial charge in [0, 0.05) is 0 Å². The van der Waals surface area contributed by atoms with Crippen molar-refractivity contribution in [3.63, 3.8) is 0 Å². The van der Waals surface area contributed by atoms with Crippen LogP contribution in [0.15, 0.2) is 4.90 Å². The molecule has 0 aromatic heterocycles. The van der Waals surface area contributed by atoms with E-state index in [4.69, 9.17) is 0 Å². The molecular weight excluding hydrogens is 284 g/mol. The highest BCUT2D eigenvalue weighted by Gasteiger charge is 2.25. The van der Waals surface area contributed by atoms with Crippen molar-refractivity contribution in [3.8, 4) is 0 Å². The van der Waals surface area contributed by atoms with Crippen molar-refractivity contribution in [1.82, 2.24) is 0 Å². The fraction of sp³-hybridized carbons (Fsp3) is 0.647. The van der Waals surface area contributed by atoms with Gasteiger partial charge in [-0.3, -0.25) is 4.55 Å². The zero-order chi connectivity index (χ0) is 16.2. The predicted octanol–water partition coefficient (Wildman–Crippen LogP) is 4.27. The molecule has 0 heterocycles. The zero-order valence-electron chi connectivity index (χ0n) is 13.9. The smallest absolute Gasteiger partial charge is 0.282 e. The molecule has 0 aliphatic rings. The summed E-state index contributed by atoms with van der Waals surface area (Å²) in [5, 5.41) is 0. The lowest BCUT2D eigenvalue weighted by Crippen LogP contribution is -2.15. The quantitative estimate of drug-likeness (QED) is 0.765. The van der Waals surface area contributed by atoms with Crippen LogP contribution in [0, 0.1) is 6.92 Å². The first-order valence-corrected chi connectivity index (χ1v) is 9.40. The van der Waals surface area contributed by atoms with Gasteiger partial charge in [-0.25, -0.2) is 0 Å². The maximum Gasteiger partial charge on any atom is 0.295 e. The third-order valence-corrected chi connectivity index (χ3v) is 5.29. The Bertz CT molecular complexity index is 601. The summed E-state index contributed by atoms with van der Waals surface area (Å²) >= 11 is 0. The van der Waals surface area contributed by atoms with Gasteiger partial charge in [0.2, 0.25) is 0 Å². The van der Waals surface area contributed by atoms with Crippen LogP contribution in [0.1, 0.15) is 68.4 Å². The predicted molar refractivity (Wildman–Crippen MR) is 87.7 cm³/mol. The minimum absolute atomic E-state index is 0.182. The van der Waals surface area contributed by atoms with E-state index in [1.54, 1.807) is 0 Å². The van der Waals surface area contributed by atoms with Crippen molar-refractivity contribution < 1.29 is 13.0 Å². The van der Waals surface area contributed by atoms with Crippen LogP contribution in [0.4, 0.5) is 0 Å². The third-order valence-electron chi connectivity index (χ3n) is 4.28. The Morgan fingerprint density at radius 1 is 0.857 bits per heavy atom. The van der Waals surface area contributed by atoms with E-state index in [0.29, 0.717) is 12.8 Å². The lowest BCUT2D eigenvalue weighted by Gasteiger charge is -2.22. The van der Waals surface area contributed by atoms with E-state index in [1.165, 1.54) is 5.56 Å². The summed E-state index contributed by atoms with van der Waals surface area (Å²) in [5.74, 6) is 0. The second-order valence-electron chi connectivity index (χ2n) is 5.51. The molecule has 1 rings (SSSR count). The fourth-order valence-electron chi connectivity index (χ4n) is 3.32. The first kappa shape index (κ1) is 18.2. The van der Waals surface area contributed by atoms with Crippen LogP contribution in [0.5, 0.6) is 0 Å². The van der Waals surface area contributed by atoms with E-state index in [0.717, 1.165) is 47.9 Å². The maximum atomic E-state index is 12.0. The number of unbranched alkanes of at least 4 members (excludes halogenated alkanes) is 1. The lowest BCUT2D eigenvalue weighted by molar-refractivity contribution is 0.480. The molecule has 3 nitrogen and oxygen atoms in total. The van der Waals surface area contributed by atoms with Crippen molar-refractivity contribution in [3.05, 3.63) is 27.8 Å². The monoisotopic (exact) mass is 312 g/mol. The molecule has 0 aliphatic heterocycles. The number of hydrogen-bond acceptors (Lipinski definition) is 2. The van der Waals surface area contributed by atoms with Crippen LogP contribution in [-0.2, 0) is 35.8 Å². The first-order valence-electron chi connectivity index (χ1n) is 7.96. The number of benzene rings is 1. The molecule has 0 atom stereocenters. The Labute approximate surface area is 129 Å². The van der Waals surface area contributed by atoms with Gasteiger partial charge in [-0.1, -0.05) is 34.1 Å². The highest BCUT2D eigenvalue weighted by molar-refractivity contribution is 7.86. The molecule has 0 saturated carbocycles. The van der Waals surface area contributed by atoms with Gasteiger partial charge >= 0.3 is 0 Å². The van der Waals surface area contributed by atoms with Crippen LogP contribution in [-0.4, -0.2) is 13.0 Å². The average molecular weight is 312 g/mol. The topological polar surface area (TPSA) is 54.4 Å². The van der Waals surface area contributed by atoms with Gasteiger partial charge in [0.1, 0.15) is 4.90 Å². The molecule has 0 radical (unpaired) electrons. The fourth-order valence-corrected chi connectivity index (χ4v) is 4.48. The Kier molecular flexibility index (Phi) is 6.41. The minimum atomic E-state index is -4.19. The lowest BCUT2D eigenvalue weighted by atomic mass is 9.86. The third kappa shape index (κ3) is 3.67. The SMILES string of the molecule is CCCCc1c(C)c(CC)c(CC)c(S(=O)(=O)O)c1CC. The second kappa shape index (κ2) is 7.41. The van der Waals surface area contributed by atoms with Gasteiger partial charge in [0.15, 0.2) is 0 Å². The molecule has 0 fully saturated rings. The molecule has 21 heavy (non-hydrogen) atoms. The van der Waals surface area contributed by atoms with E-state index in [9.17, 15) is 13.0 Å². The van der Waals surface area contributed by atoms with Crippen LogP contribution >= 0.6 is 0 Å². The van der Waals surface area contributed by atoms with E-state index in [-0.39, 0.29) is 4.90 Å². The van der Waals surface area contributed by atoms with Crippen LogP contribution in [0.25, 0.3) is 0 Å². The van der Waals surface area contributed by atoms with Crippen molar-refractivity contribution in [1.29, 1.82) is 0 Å². The molecule has 0 spiro atoms. The summed E-state index contributed by atoms with van der Waals surface area (Å²) in [5.41, 5.74) is 5.05. The van der Waals surface area contributed by atoms with Crippen LogP contribution in [0.2, 0.25) is 0 Å². The summed E-state index contributed by atoms with van der Waals surface area (Å²) in [7, 11) is -4.19. The Morgan fingerprint density at radius 3 is 1.71 bits per heavy atom. The molecule has 0 bridgehead atoms. The molecule has 1 N–H and O–H groups in total. The number of hydrogen-bond donors (Lipinski definition) is 1. The van der Waals surface area contributed by atoms with Crippen molar-refractivity contribution in [2.45, 2.75) is 78.0 Å². The molecule has 0 unspecified atom stereocenters. The average Bonchev–Trinajstić information content (AvgIpc) is 2.43. The maximum absolute atomic E-state index is 12.0. The van der Waals surface area contributed by atoms with E-state index in [1.807, 2.05) is 20.8 Å². The highest BCUT2D eigenvalue weighted by Crippen LogP contribution is 2.33. The van der Waals surface area contributed by atoms with E-state index >= 15 is 0 Å². The number of rotatable bonds is 7. The first-order chi connectivity index (χ1) is 9.83. The summed E-state index contributed by atoms with van der Waals surface area (Å²) in [6.07, 6.45) is 5.03. The van der Waals surface area contributed by atoms with Gasteiger partial charge in [-0.2, -0.15) is 8.42 Å². The normalized spacial score (nSPS) is 11.9. The molecule has 0 aliphatic carbocycles. The molecule has 0 amide bonds. The Balaban J connectivity index is 3.82. The molecular formula is C17H28O3S. The Hall–Kier alpha value is -0.870. The Morgan fingerprint density at radius 2 is 1.33 bits per heavy atom. The van der Waals surface area contributed by atoms with E-state index < -0.39 is 10.1 Å². The van der Waals surface area contributed by atoms with Gasteiger partial charge < -0.3 is 0 Å². The van der Waals surface area contributed by atoms with Crippen molar-refractivity contribution >= 4 is 10.1 Å². The molecule has 120 valence electrons. The molecule has 4 heteroatoms. The van der Waals surface area contributed by atoms with Crippen molar-refractivity contribution in [2.24, 2.45) is 0 Å². The van der Waals surface area contributed by atoms with Gasteiger partial charge in [0.25, 0.3) is 10.1 Å². The van der Waals surface area contributed by atoms with E-state index in [2.05, 4.69) is 13.8 Å². The van der Waals surface area contributed by atoms with Gasteiger partial charge in [-0.05, 0) is 66.8 Å². The van der Waals surface area contributed by atoms with Crippen LogP contribution < -0.4 is 0 Å². The van der Waals surface area contributed by atoms with Gasteiger partial charge in [0.05, 0.1) is 0 Å². The summed E-state index contributed by atoms with van der Waals surface area (Å²) < 4.78 is 33.7. The summed E-state index contributed by atoms with van der Waals surface area (Å²) in [6, 6.07) is 0. The second-order valence-corrected chi connectivity index (χ2v) is 6.87. The molecule has 1 aromatic carbocycles. The van der Waals surface area contributed by atoms with Crippen molar-refractivity contribution in [2.75, 3.05) is 0 Å². The largest absolute Gasteiger partial charge is 0.295 e. The zero-order valence-corrected chi connectivity index (χ0v) is 14.7. The summed E-state index contributed by atoms with van der Waals surface area (Å²) in [6.45, 7) is 10.2. The molecule has 1 aromatic rings. The molecule has 0 saturated heterocycles. The van der Waals surface area contributed by atoms with Crippen LogP contribution in [0.3, 0.4) is 0 Å². The standard InChI is InChI=1S/C17H28O3S/c1-6-10-11-16-12(5)13(7-2)14(8-3)17(15(16)9-4)21(18,19)20/h6-11H2,1-5H3,(H,18,19,20). The van der Waals surface area contributed by atoms with Gasteiger partial charge in [-0.15, -0.1) is 0 Å². The minimum Gasteiger partial charge on any atom is -0.282 e. The highest BCUT2D eigenvalue weighted by atomic mass is 32.2. The summed E-state index contributed by atoms with van der Waals surface area (Å²) in [4.78, 5) is 0.182.